The number of carbonyl (C=O) groups excluding carboxylic acids is 1. The molecular formula is C11H22O6S2. The van der Waals surface area contributed by atoms with Gasteiger partial charge in [0.1, 0.15) is 0 Å². The molecule has 0 rings (SSSR count). The third-order valence-electron chi connectivity index (χ3n) is 2.70. The summed E-state index contributed by atoms with van der Waals surface area (Å²) in [4.78, 5) is 11.1. The van der Waals surface area contributed by atoms with Crippen molar-refractivity contribution in [1.29, 1.82) is 0 Å². The number of rotatable bonds is 6. The zero-order chi connectivity index (χ0) is 15.5. The Kier molecular flexibility index (Phi) is 6.01. The van der Waals surface area contributed by atoms with Crippen molar-refractivity contribution >= 4 is 25.6 Å². The summed E-state index contributed by atoms with van der Waals surface area (Å²) in [5.41, 5.74) is 0. The van der Waals surface area contributed by atoms with Gasteiger partial charge < -0.3 is 4.74 Å². The van der Waals surface area contributed by atoms with Gasteiger partial charge in [0.05, 0.1) is 35.0 Å². The smallest absolute Gasteiger partial charge is 0.309 e. The zero-order valence-corrected chi connectivity index (χ0v) is 13.6. The minimum absolute atomic E-state index is 0.403. The zero-order valence-electron chi connectivity index (χ0n) is 12.0. The van der Waals surface area contributed by atoms with Crippen molar-refractivity contribution in [3.8, 4) is 0 Å². The first-order valence-electron chi connectivity index (χ1n) is 5.83. The van der Waals surface area contributed by atoms with E-state index in [0.717, 1.165) is 0 Å². The number of ether oxygens (including phenoxy) is 1. The fourth-order valence-corrected chi connectivity index (χ4v) is 4.85. The molecule has 0 aliphatic carbocycles. The van der Waals surface area contributed by atoms with E-state index in [-0.39, 0.29) is 0 Å². The molecule has 8 heteroatoms. The van der Waals surface area contributed by atoms with E-state index in [1.165, 1.54) is 34.8 Å². The molecule has 0 radical (unpaired) electrons. The van der Waals surface area contributed by atoms with Gasteiger partial charge in [0.15, 0.2) is 19.7 Å². The Bertz CT molecular complexity index is 510. The normalized spacial score (nSPS) is 15.0. The summed E-state index contributed by atoms with van der Waals surface area (Å²) >= 11 is 0. The topological polar surface area (TPSA) is 94.6 Å². The molecule has 0 fully saturated rings. The fraction of sp³-hybridized carbons (Fsp3) is 0.909. The van der Waals surface area contributed by atoms with Gasteiger partial charge in [-0.2, -0.15) is 0 Å². The lowest BCUT2D eigenvalue weighted by Crippen LogP contribution is -2.34. The minimum Gasteiger partial charge on any atom is -0.469 e. The summed E-state index contributed by atoms with van der Waals surface area (Å²) in [6, 6.07) is 0. The Morgan fingerprint density at radius 1 is 1.11 bits per heavy atom. The van der Waals surface area contributed by atoms with E-state index in [0.29, 0.717) is 0 Å². The van der Waals surface area contributed by atoms with E-state index in [9.17, 15) is 21.6 Å². The first-order chi connectivity index (χ1) is 8.32. The lowest BCUT2D eigenvalue weighted by Gasteiger charge is -2.19. The summed E-state index contributed by atoms with van der Waals surface area (Å²) in [7, 11) is -5.92. The molecule has 0 bridgehead atoms. The molecule has 0 aromatic heterocycles. The van der Waals surface area contributed by atoms with Gasteiger partial charge in [0, 0.05) is 0 Å². The fourth-order valence-electron chi connectivity index (χ4n) is 1.28. The number of carbonyl (C=O) groups is 1. The van der Waals surface area contributed by atoms with E-state index >= 15 is 0 Å². The number of hydrogen-bond donors (Lipinski definition) is 0. The third-order valence-corrected chi connectivity index (χ3v) is 7.40. The molecule has 19 heavy (non-hydrogen) atoms. The second kappa shape index (κ2) is 6.21. The third kappa shape index (κ3) is 5.90. The number of sulfone groups is 2. The second-order valence-corrected chi connectivity index (χ2v) is 10.6. The monoisotopic (exact) mass is 314 g/mol. The Balaban J connectivity index is 4.71. The average Bonchev–Trinajstić information content (AvgIpc) is 2.23. The number of methoxy groups -OCH3 is 1. The van der Waals surface area contributed by atoms with E-state index < -0.39 is 53.6 Å². The Morgan fingerprint density at radius 2 is 1.58 bits per heavy atom. The average molecular weight is 314 g/mol. The van der Waals surface area contributed by atoms with Gasteiger partial charge in [-0.1, -0.05) is 6.92 Å². The van der Waals surface area contributed by atoms with Crippen LogP contribution in [0.4, 0.5) is 0 Å². The van der Waals surface area contributed by atoms with E-state index in [1.54, 1.807) is 0 Å². The quantitative estimate of drug-likeness (QED) is 0.660. The Morgan fingerprint density at radius 3 is 1.95 bits per heavy atom. The van der Waals surface area contributed by atoms with Gasteiger partial charge in [-0.05, 0) is 20.8 Å². The van der Waals surface area contributed by atoms with Crippen LogP contribution in [0.2, 0.25) is 0 Å². The molecule has 0 aromatic rings. The van der Waals surface area contributed by atoms with E-state index in [4.69, 9.17) is 0 Å². The van der Waals surface area contributed by atoms with Crippen molar-refractivity contribution in [2.45, 2.75) is 32.4 Å². The molecule has 0 saturated carbocycles. The van der Waals surface area contributed by atoms with Crippen LogP contribution < -0.4 is 0 Å². The lowest BCUT2D eigenvalue weighted by molar-refractivity contribution is -0.144. The first kappa shape index (κ1) is 18.4. The van der Waals surface area contributed by atoms with Crippen molar-refractivity contribution in [2.75, 3.05) is 24.4 Å². The van der Waals surface area contributed by atoms with Crippen molar-refractivity contribution < 1.29 is 26.4 Å². The number of esters is 1. The van der Waals surface area contributed by atoms with Gasteiger partial charge in [0.2, 0.25) is 0 Å². The van der Waals surface area contributed by atoms with Crippen LogP contribution in [0.1, 0.15) is 27.7 Å². The molecule has 0 N–H and O–H groups in total. The van der Waals surface area contributed by atoms with Crippen LogP contribution in [-0.4, -0.2) is 51.9 Å². The van der Waals surface area contributed by atoms with E-state index in [1.807, 2.05) is 0 Å². The highest BCUT2D eigenvalue weighted by Crippen LogP contribution is 2.16. The Labute approximate surface area is 115 Å². The largest absolute Gasteiger partial charge is 0.469 e. The molecule has 1 unspecified atom stereocenters. The predicted molar refractivity (Wildman–Crippen MR) is 73.4 cm³/mol. The Hall–Kier alpha value is -0.630. The molecule has 0 spiro atoms. The van der Waals surface area contributed by atoms with Gasteiger partial charge in [0.25, 0.3) is 0 Å². The standard InChI is InChI=1S/C11H22O6S2/c1-9(10(12)17-5)8-18(13,14)6-7-19(15,16)11(2,3)4/h9H,6-8H2,1-5H3. The maximum atomic E-state index is 11.8. The van der Waals surface area contributed by atoms with Crippen LogP contribution in [-0.2, 0) is 29.2 Å². The highest BCUT2D eigenvalue weighted by molar-refractivity contribution is 7.95. The maximum Gasteiger partial charge on any atom is 0.309 e. The minimum atomic E-state index is -3.61. The molecule has 0 aromatic carbocycles. The molecule has 6 nitrogen and oxygen atoms in total. The molecular weight excluding hydrogens is 292 g/mol. The molecule has 114 valence electrons. The molecule has 0 amide bonds. The summed E-state index contributed by atoms with van der Waals surface area (Å²) in [6.07, 6.45) is 0. The van der Waals surface area contributed by atoms with E-state index in [2.05, 4.69) is 4.74 Å². The molecule has 0 heterocycles. The van der Waals surface area contributed by atoms with Gasteiger partial charge >= 0.3 is 5.97 Å². The first-order valence-corrected chi connectivity index (χ1v) is 9.30. The summed E-state index contributed by atoms with van der Waals surface area (Å²) in [5, 5.41) is 0. The van der Waals surface area contributed by atoms with Gasteiger partial charge in [-0.3, -0.25) is 4.79 Å². The van der Waals surface area contributed by atoms with Crippen molar-refractivity contribution in [3.63, 3.8) is 0 Å². The van der Waals surface area contributed by atoms with Crippen LogP contribution in [0, 0.1) is 5.92 Å². The second-order valence-electron chi connectivity index (χ2n) is 5.47. The number of hydrogen-bond acceptors (Lipinski definition) is 6. The molecule has 0 aliphatic heterocycles. The molecule has 1 atom stereocenters. The summed E-state index contributed by atoms with van der Waals surface area (Å²) < 4.78 is 50.6. The highest BCUT2D eigenvalue weighted by Gasteiger charge is 2.31. The summed E-state index contributed by atoms with van der Waals surface area (Å²) in [6.45, 7) is 5.99. The van der Waals surface area contributed by atoms with Crippen LogP contribution in [0.5, 0.6) is 0 Å². The predicted octanol–water partition coefficient (Wildman–Crippen LogP) is 0.424. The molecule has 0 saturated heterocycles. The van der Waals surface area contributed by atoms with Gasteiger partial charge in [-0.15, -0.1) is 0 Å². The van der Waals surface area contributed by atoms with Crippen LogP contribution >= 0.6 is 0 Å². The van der Waals surface area contributed by atoms with Crippen molar-refractivity contribution in [1.82, 2.24) is 0 Å². The molecule has 0 aliphatic rings. The van der Waals surface area contributed by atoms with Crippen molar-refractivity contribution in [3.05, 3.63) is 0 Å². The van der Waals surface area contributed by atoms with Crippen LogP contribution in [0.3, 0.4) is 0 Å². The van der Waals surface area contributed by atoms with Crippen LogP contribution in [0.25, 0.3) is 0 Å². The maximum absolute atomic E-state index is 11.8. The lowest BCUT2D eigenvalue weighted by atomic mass is 10.2. The summed E-state index contributed by atoms with van der Waals surface area (Å²) in [5.74, 6) is -2.74. The highest BCUT2D eigenvalue weighted by atomic mass is 32.2. The van der Waals surface area contributed by atoms with Gasteiger partial charge in [-0.25, -0.2) is 16.8 Å². The van der Waals surface area contributed by atoms with Crippen molar-refractivity contribution in [2.24, 2.45) is 5.92 Å². The SMILES string of the molecule is COC(=O)C(C)CS(=O)(=O)CCS(=O)(=O)C(C)(C)C. The van der Waals surface area contributed by atoms with Crippen LogP contribution in [0.15, 0.2) is 0 Å².